The van der Waals surface area contributed by atoms with E-state index < -0.39 is 0 Å². The second-order valence-corrected chi connectivity index (χ2v) is 5.81. The molecule has 0 N–H and O–H groups in total. The number of methoxy groups -OCH3 is 1. The molecule has 6 heteroatoms. The Bertz CT molecular complexity index is 577. The molecule has 0 spiro atoms. The normalized spacial score (nSPS) is 26.8. The molecule has 0 saturated carbocycles. The van der Waals surface area contributed by atoms with Gasteiger partial charge in [0.15, 0.2) is 0 Å². The third kappa shape index (κ3) is 2.10. The lowest BCUT2D eigenvalue weighted by molar-refractivity contribution is 0.0600. The predicted molar refractivity (Wildman–Crippen MR) is 74.1 cm³/mol. The summed E-state index contributed by atoms with van der Waals surface area (Å²) in [7, 11) is 1.40. The Morgan fingerprint density at radius 3 is 3.14 bits per heavy atom. The van der Waals surface area contributed by atoms with Gasteiger partial charge < -0.3 is 19.1 Å². The van der Waals surface area contributed by atoms with Gasteiger partial charge in [-0.25, -0.2) is 9.78 Å². The first-order valence-electron chi connectivity index (χ1n) is 7.31. The van der Waals surface area contributed by atoms with E-state index in [2.05, 4.69) is 9.88 Å². The smallest absolute Gasteiger partial charge is 0.341 e. The van der Waals surface area contributed by atoms with Crippen LogP contribution in [0.25, 0.3) is 0 Å². The molecule has 112 valence electrons. The Morgan fingerprint density at radius 2 is 2.33 bits per heavy atom. The molecular formula is C15H18N2O4. The van der Waals surface area contributed by atoms with Gasteiger partial charge in [0, 0.05) is 31.2 Å². The third-order valence-corrected chi connectivity index (χ3v) is 4.57. The first-order chi connectivity index (χ1) is 10.3. The van der Waals surface area contributed by atoms with Gasteiger partial charge >= 0.3 is 5.97 Å². The Morgan fingerprint density at radius 1 is 1.43 bits per heavy atom. The maximum Gasteiger partial charge on any atom is 0.341 e. The summed E-state index contributed by atoms with van der Waals surface area (Å²) >= 11 is 0. The molecule has 0 bridgehead atoms. The van der Waals surface area contributed by atoms with Crippen molar-refractivity contribution < 1.29 is 19.0 Å². The number of anilines is 1. The van der Waals surface area contributed by atoms with Gasteiger partial charge in [-0.2, -0.15) is 0 Å². The summed E-state index contributed by atoms with van der Waals surface area (Å²) in [4.78, 5) is 18.9. The summed E-state index contributed by atoms with van der Waals surface area (Å²) in [5.41, 5.74) is 2.44. The van der Waals surface area contributed by atoms with Crippen LogP contribution >= 0.6 is 0 Å². The van der Waals surface area contributed by atoms with Crippen LogP contribution in [0.5, 0.6) is 0 Å². The summed E-state index contributed by atoms with van der Waals surface area (Å²) in [5.74, 6) is 0.913. The molecule has 6 nitrogen and oxygen atoms in total. The molecule has 0 amide bonds. The first kappa shape index (κ1) is 13.0. The lowest BCUT2D eigenvalue weighted by atomic mass is 10.1. The standard InChI is InChI=1S/C15H18N2O4/c1-19-15(18)11-4-10-7-20-8-12(10)16-14(11)17-5-9-2-3-21-13(9)6-17/h4,9,13H,2-3,5-8H2,1H3. The number of hydrogen-bond donors (Lipinski definition) is 0. The molecule has 2 saturated heterocycles. The minimum Gasteiger partial charge on any atom is -0.465 e. The minimum absolute atomic E-state index is 0.266. The number of carbonyl (C=O) groups excluding carboxylic acids is 1. The average molecular weight is 290 g/mol. The van der Waals surface area contributed by atoms with Crippen LogP contribution < -0.4 is 4.90 Å². The number of rotatable bonds is 2. The topological polar surface area (TPSA) is 60.9 Å². The number of hydrogen-bond acceptors (Lipinski definition) is 6. The fourth-order valence-electron chi connectivity index (χ4n) is 3.44. The zero-order valence-electron chi connectivity index (χ0n) is 12.0. The van der Waals surface area contributed by atoms with Crippen molar-refractivity contribution in [3.05, 3.63) is 22.9 Å². The van der Waals surface area contributed by atoms with Crippen molar-refractivity contribution in [3.8, 4) is 0 Å². The van der Waals surface area contributed by atoms with Gasteiger partial charge in [-0.3, -0.25) is 0 Å². The largest absolute Gasteiger partial charge is 0.465 e. The molecule has 2 unspecified atom stereocenters. The number of nitrogens with zero attached hydrogens (tertiary/aromatic N) is 2. The molecule has 1 aromatic rings. The molecule has 0 aromatic carbocycles. The van der Waals surface area contributed by atoms with Crippen molar-refractivity contribution in [2.75, 3.05) is 31.7 Å². The maximum absolute atomic E-state index is 12.1. The number of esters is 1. The van der Waals surface area contributed by atoms with E-state index in [9.17, 15) is 4.79 Å². The Labute approximate surface area is 123 Å². The van der Waals surface area contributed by atoms with Crippen LogP contribution in [-0.4, -0.2) is 43.9 Å². The van der Waals surface area contributed by atoms with Crippen molar-refractivity contribution in [3.63, 3.8) is 0 Å². The van der Waals surface area contributed by atoms with Gasteiger partial charge in [-0.15, -0.1) is 0 Å². The molecule has 2 fully saturated rings. The summed E-state index contributed by atoms with van der Waals surface area (Å²) in [5, 5.41) is 0. The molecular weight excluding hydrogens is 272 g/mol. The quantitative estimate of drug-likeness (QED) is 0.761. The molecule has 0 aliphatic carbocycles. The summed E-state index contributed by atoms with van der Waals surface area (Å²) < 4.78 is 16.1. The summed E-state index contributed by atoms with van der Waals surface area (Å²) in [6, 6.07) is 1.87. The van der Waals surface area contributed by atoms with Crippen LogP contribution in [0.1, 0.15) is 28.0 Å². The fourth-order valence-corrected chi connectivity index (χ4v) is 3.44. The highest BCUT2D eigenvalue weighted by Gasteiger charge is 2.39. The Hall–Kier alpha value is -1.66. The van der Waals surface area contributed by atoms with E-state index in [0.29, 0.717) is 30.5 Å². The number of ether oxygens (including phenoxy) is 3. The first-order valence-corrected chi connectivity index (χ1v) is 7.31. The highest BCUT2D eigenvalue weighted by atomic mass is 16.5. The van der Waals surface area contributed by atoms with Gasteiger partial charge in [0.05, 0.1) is 32.1 Å². The molecule has 3 aliphatic heterocycles. The van der Waals surface area contributed by atoms with Crippen molar-refractivity contribution in [1.29, 1.82) is 0 Å². The number of carbonyl (C=O) groups is 1. The average Bonchev–Trinajstić information content (AvgIpc) is 3.19. The van der Waals surface area contributed by atoms with Crippen molar-refractivity contribution in [1.82, 2.24) is 4.98 Å². The summed E-state index contributed by atoms with van der Waals surface area (Å²) in [6.45, 7) is 3.56. The molecule has 1 aromatic heterocycles. The molecule has 4 rings (SSSR count). The number of aromatic nitrogens is 1. The van der Waals surface area contributed by atoms with Crippen LogP contribution in [0.2, 0.25) is 0 Å². The lowest BCUT2D eigenvalue weighted by Gasteiger charge is -2.21. The van der Waals surface area contributed by atoms with Crippen molar-refractivity contribution >= 4 is 11.8 Å². The van der Waals surface area contributed by atoms with Gasteiger partial charge in [-0.05, 0) is 12.5 Å². The van der Waals surface area contributed by atoms with E-state index in [4.69, 9.17) is 14.2 Å². The SMILES string of the molecule is COC(=O)c1cc2c(nc1N1CC3CCOC3C1)COC2. The Kier molecular flexibility index (Phi) is 3.08. The Balaban J connectivity index is 1.71. The van der Waals surface area contributed by atoms with Crippen molar-refractivity contribution in [2.45, 2.75) is 25.7 Å². The van der Waals surface area contributed by atoms with Gasteiger partial charge in [-0.1, -0.05) is 0 Å². The van der Waals surface area contributed by atoms with Crippen molar-refractivity contribution in [2.24, 2.45) is 5.92 Å². The molecule has 3 aliphatic rings. The van der Waals surface area contributed by atoms with Crippen LogP contribution in [-0.2, 0) is 27.4 Å². The lowest BCUT2D eigenvalue weighted by Crippen LogP contribution is -2.26. The monoisotopic (exact) mass is 290 g/mol. The highest BCUT2D eigenvalue weighted by molar-refractivity contribution is 5.95. The zero-order chi connectivity index (χ0) is 14.4. The van der Waals surface area contributed by atoms with E-state index in [-0.39, 0.29) is 12.1 Å². The van der Waals surface area contributed by atoms with E-state index in [0.717, 1.165) is 37.4 Å². The van der Waals surface area contributed by atoms with Gasteiger partial charge in [0.1, 0.15) is 11.4 Å². The molecule has 0 radical (unpaired) electrons. The van der Waals surface area contributed by atoms with Crippen LogP contribution in [0.3, 0.4) is 0 Å². The molecule has 21 heavy (non-hydrogen) atoms. The highest BCUT2D eigenvalue weighted by Crippen LogP contribution is 2.34. The van der Waals surface area contributed by atoms with Crippen LogP contribution in [0.4, 0.5) is 5.82 Å². The maximum atomic E-state index is 12.1. The zero-order valence-corrected chi connectivity index (χ0v) is 12.0. The van der Waals surface area contributed by atoms with E-state index in [1.807, 2.05) is 6.07 Å². The minimum atomic E-state index is -0.342. The summed E-state index contributed by atoms with van der Waals surface area (Å²) in [6.07, 6.45) is 1.35. The van der Waals surface area contributed by atoms with Crippen LogP contribution in [0.15, 0.2) is 6.07 Å². The third-order valence-electron chi connectivity index (χ3n) is 4.57. The molecule has 2 atom stereocenters. The van der Waals surface area contributed by atoms with E-state index >= 15 is 0 Å². The molecule has 4 heterocycles. The number of fused-ring (bicyclic) bond motifs is 2. The van der Waals surface area contributed by atoms with Gasteiger partial charge in [0.2, 0.25) is 0 Å². The number of pyridine rings is 1. The van der Waals surface area contributed by atoms with Gasteiger partial charge in [0.25, 0.3) is 0 Å². The van der Waals surface area contributed by atoms with E-state index in [1.54, 1.807) is 0 Å². The fraction of sp³-hybridized carbons (Fsp3) is 0.600. The second kappa shape index (κ2) is 4.96. The second-order valence-electron chi connectivity index (χ2n) is 5.81. The van der Waals surface area contributed by atoms with Crippen LogP contribution in [0, 0.1) is 5.92 Å². The van der Waals surface area contributed by atoms with E-state index in [1.165, 1.54) is 7.11 Å². The predicted octanol–water partition coefficient (Wildman–Crippen LogP) is 1.12.